The van der Waals surface area contributed by atoms with Crippen LogP contribution in [0.2, 0.25) is 0 Å². The van der Waals surface area contributed by atoms with E-state index in [1.54, 1.807) is 0 Å². The van der Waals surface area contributed by atoms with Crippen molar-refractivity contribution >= 4 is 10.9 Å². The molecule has 1 aliphatic rings. The molecule has 0 atom stereocenters. The van der Waals surface area contributed by atoms with E-state index in [-0.39, 0.29) is 0 Å². The second kappa shape index (κ2) is 4.13. The average Bonchev–Trinajstić information content (AvgIpc) is 2.65. The van der Waals surface area contributed by atoms with Crippen molar-refractivity contribution in [1.29, 1.82) is 0 Å². The van der Waals surface area contributed by atoms with Gasteiger partial charge in [-0.15, -0.1) is 0 Å². The summed E-state index contributed by atoms with van der Waals surface area (Å²) in [6.45, 7) is 4.83. The number of aliphatic hydroxyl groups is 1. The minimum atomic E-state index is -0.776. The summed E-state index contributed by atoms with van der Waals surface area (Å²) < 4.78 is 2.34. The lowest BCUT2D eigenvalue weighted by molar-refractivity contribution is 0.0802. The maximum Gasteiger partial charge on any atom is 0.0847 e. The third-order valence-electron chi connectivity index (χ3n) is 4.15. The van der Waals surface area contributed by atoms with Gasteiger partial charge in [-0.05, 0) is 50.3 Å². The summed E-state index contributed by atoms with van der Waals surface area (Å²) in [6.07, 6.45) is 6.28. The second-order valence-electron chi connectivity index (χ2n) is 6.06. The molecule has 1 heterocycles. The van der Waals surface area contributed by atoms with Crippen LogP contribution in [0.3, 0.4) is 0 Å². The molecular weight excluding hydrogens is 222 g/mol. The number of benzene rings is 1. The Kier molecular flexibility index (Phi) is 2.70. The highest BCUT2D eigenvalue weighted by atomic mass is 16.3. The zero-order valence-electron chi connectivity index (χ0n) is 11.2. The standard InChI is InChI=1S/C16H21NO/c1-16(2,18)14-7-4-8-15-13(14)9-10-17(15)11-12-5-3-6-12/h4,7-10,12,18H,3,5-6,11H2,1-2H3. The Morgan fingerprint density at radius 1 is 1.28 bits per heavy atom. The molecule has 0 aliphatic heterocycles. The molecule has 0 radical (unpaired) electrons. The van der Waals surface area contributed by atoms with Crippen LogP contribution in [0.25, 0.3) is 10.9 Å². The van der Waals surface area contributed by atoms with Crippen LogP contribution in [-0.4, -0.2) is 9.67 Å². The average molecular weight is 243 g/mol. The number of hydrogen-bond acceptors (Lipinski definition) is 1. The van der Waals surface area contributed by atoms with Gasteiger partial charge in [0.05, 0.1) is 5.60 Å². The Bertz CT molecular complexity index is 558. The second-order valence-corrected chi connectivity index (χ2v) is 6.06. The van der Waals surface area contributed by atoms with Gasteiger partial charge in [0.15, 0.2) is 0 Å². The van der Waals surface area contributed by atoms with Gasteiger partial charge in [0.25, 0.3) is 0 Å². The number of rotatable bonds is 3. The van der Waals surface area contributed by atoms with Crippen LogP contribution in [0.15, 0.2) is 30.5 Å². The fraction of sp³-hybridized carbons (Fsp3) is 0.500. The van der Waals surface area contributed by atoms with Crippen molar-refractivity contribution in [2.75, 3.05) is 0 Å². The highest BCUT2D eigenvalue weighted by molar-refractivity contribution is 5.84. The molecule has 1 N–H and O–H groups in total. The van der Waals surface area contributed by atoms with Crippen molar-refractivity contribution in [3.8, 4) is 0 Å². The molecule has 1 fully saturated rings. The number of hydrogen-bond donors (Lipinski definition) is 1. The van der Waals surface area contributed by atoms with E-state index in [0.717, 1.165) is 18.0 Å². The largest absolute Gasteiger partial charge is 0.386 e. The molecule has 18 heavy (non-hydrogen) atoms. The highest BCUT2D eigenvalue weighted by Crippen LogP contribution is 2.32. The van der Waals surface area contributed by atoms with Crippen LogP contribution in [0, 0.1) is 5.92 Å². The predicted octanol–water partition coefficient (Wildman–Crippen LogP) is 3.67. The minimum absolute atomic E-state index is 0.776. The topological polar surface area (TPSA) is 25.2 Å². The quantitative estimate of drug-likeness (QED) is 0.874. The molecule has 2 aromatic rings. The Balaban J connectivity index is 2.03. The Morgan fingerprint density at radius 3 is 2.67 bits per heavy atom. The van der Waals surface area contributed by atoms with Gasteiger partial charge in [-0.1, -0.05) is 18.6 Å². The van der Waals surface area contributed by atoms with Gasteiger partial charge in [-0.3, -0.25) is 0 Å². The Hall–Kier alpha value is -1.28. The van der Waals surface area contributed by atoms with E-state index in [1.807, 2.05) is 26.0 Å². The zero-order valence-corrected chi connectivity index (χ0v) is 11.2. The first kappa shape index (κ1) is 11.8. The fourth-order valence-electron chi connectivity index (χ4n) is 2.87. The van der Waals surface area contributed by atoms with E-state index in [0.29, 0.717) is 0 Å². The maximum atomic E-state index is 10.2. The fourth-order valence-corrected chi connectivity index (χ4v) is 2.87. The van der Waals surface area contributed by atoms with Crippen LogP contribution < -0.4 is 0 Å². The minimum Gasteiger partial charge on any atom is -0.386 e. The van der Waals surface area contributed by atoms with Crippen LogP contribution in [0.1, 0.15) is 38.7 Å². The molecule has 0 bridgehead atoms. The first-order valence-electron chi connectivity index (χ1n) is 6.86. The van der Waals surface area contributed by atoms with Gasteiger partial charge in [0.2, 0.25) is 0 Å². The zero-order chi connectivity index (χ0) is 12.8. The molecule has 1 aliphatic carbocycles. The molecule has 2 heteroatoms. The molecule has 0 unspecified atom stereocenters. The summed E-state index contributed by atoms with van der Waals surface area (Å²) in [4.78, 5) is 0. The maximum absolute atomic E-state index is 10.2. The van der Waals surface area contributed by atoms with Crippen LogP contribution in [-0.2, 0) is 12.1 Å². The Morgan fingerprint density at radius 2 is 2.06 bits per heavy atom. The van der Waals surface area contributed by atoms with Gasteiger partial charge in [0, 0.05) is 23.6 Å². The number of nitrogens with zero attached hydrogens (tertiary/aromatic N) is 1. The lowest BCUT2D eigenvalue weighted by atomic mass is 9.85. The van der Waals surface area contributed by atoms with Crippen molar-refractivity contribution in [2.45, 2.75) is 45.3 Å². The monoisotopic (exact) mass is 243 g/mol. The van der Waals surface area contributed by atoms with Crippen molar-refractivity contribution < 1.29 is 5.11 Å². The van der Waals surface area contributed by atoms with Crippen molar-refractivity contribution in [3.05, 3.63) is 36.0 Å². The highest BCUT2D eigenvalue weighted by Gasteiger charge is 2.21. The van der Waals surface area contributed by atoms with Crippen LogP contribution in [0.4, 0.5) is 0 Å². The summed E-state index contributed by atoms with van der Waals surface area (Å²) >= 11 is 0. The predicted molar refractivity (Wildman–Crippen MR) is 74.5 cm³/mol. The van der Waals surface area contributed by atoms with E-state index >= 15 is 0 Å². The number of fused-ring (bicyclic) bond motifs is 1. The van der Waals surface area contributed by atoms with Gasteiger partial charge >= 0.3 is 0 Å². The molecule has 1 aromatic carbocycles. The van der Waals surface area contributed by atoms with E-state index in [4.69, 9.17) is 0 Å². The van der Waals surface area contributed by atoms with E-state index in [9.17, 15) is 5.11 Å². The van der Waals surface area contributed by atoms with Gasteiger partial charge in [-0.2, -0.15) is 0 Å². The third kappa shape index (κ3) is 1.95. The molecule has 96 valence electrons. The molecule has 0 saturated heterocycles. The van der Waals surface area contributed by atoms with Crippen LogP contribution >= 0.6 is 0 Å². The summed E-state index contributed by atoms with van der Waals surface area (Å²) in [6, 6.07) is 8.37. The van der Waals surface area contributed by atoms with E-state index in [1.165, 1.54) is 30.2 Å². The summed E-state index contributed by atoms with van der Waals surface area (Å²) in [7, 11) is 0. The van der Waals surface area contributed by atoms with E-state index < -0.39 is 5.60 Å². The SMILES string of the molecule is CC(C)(O)c1cccc2c1ccn2CC1CCC1. The lowest BCUT2D eigenvalue weighted by Gasteiger charge is -2.26. The molecular formula is C16H21NO. The molecule has 1 saturated carbocycles. The first-order chi connectivity index (χ1) is 8.55. The normalized spacial score (nSPS) is 17.1. The molecule has 3 rings (SSSR count). The molecule has 0 amide bonds. The van der Waals surface area contributed by atoms with Gasteiger partial charge in [-0.25, -0.2) is 0 Å². The smallest absolute Gasteiger partial charge is 0.0847 e. The van der Waals surface area contributed by atoms with Gasteiger partial charge < -0.3 is 9.67 Å². The van der Waals surface area contributed by atoms with Gasteiger partial charge in [0.1, 0.15) is 0 Å². The Labute approximate surface area is 108 Å². The molecule has 1 aromatic heterocycles. The van der Waals surface area contributed by atoms with Crippen molar-refractivity contribution in [1.82, 2.24) is 4.57 Å². The van der Waals surface area contributed by atoms with E-state index in [2.05, 4.69) is 22.9 Å². The third-order valence-corrected chi connectivity index (χ3v) is 4.15. The molecule has 2 nitrogen and oxygen atoms in total. The number of aromatic nitrogens is 1. The summed E-state index contributed by atoms with van der Waals surface area (Å²) in [5.74, 6) is 0.853. The van der Waals surface area contributed by atoms with Crippen molar-refractivity contribution in [3.63, 3.8) is 0 Å². The lowest BCUT2D eigenvalue weighted by Crippen LogP contribution is -2.18. The molecule has 0 spiro atoms. The summed E-state index contributed by atoms with van der Waals surface area (Å²) in [5, 5.41) is 11.4. The summed E-state index contributed by atoms with van der Waals surface area (Å²) in [5.41, 5.74) is 1.50. The van der Waals surface area contributed by atoms with Crippen molar-refractivity contribution in [2.24, 2.45) is 5.92 Å². The van der Waals surface area contributed by atoms with Crippen LogP contribution in [0.5, 0.6) is 0 Å². The first-order valence-corrected chi connectivity index (χ1v) is 6.86.